The molecule has 0 spiro atoms. The lowest BCUT2D eigenvalue weighted by Gasteiger charge is -2.30. The van der Waals surface area contributed by atoms with E-state index in [4.69, 9.17) is 4.42 Å². The average molecular weight is 475 g/mol. The first kappa shape index (κ1) is 20.3. The Balaban J connectivity index is 1.53. The van der Waals surface area contributed by atoms with Crippen LogP contribution < -0.4 is 10.7 Å². The molecule has 0 radical (unpaired) electrons. The monoisotopic (exact) mass is 474 g/mol. The van der Waals surface area contributed by atoms with Crippen molar-refractivity contribution in [2.75, 3.05) is 19.6 Å². The van der Waals surface area contributed by atoms with Crippen molar-refractivity contribution in [3.8, 4) is 0 Å². The van der Waals surface area contributed by atoms with Crippen molar-refractivity contribution in [2.45, 2.75) is 31.7 Å². The first-order chi connectivity index (χ1) is 14.1. The molecule has 152 valence electrons. The van der Waals surface area contributed by atoms with Crippen LogP contribution in [0.5, 0.6) is 0 Å². The normalized spacial score (nSPS) is 16.4. The van der Waals surface area contributed by atoms with Gasteiger partial charge in [0, 0.05) is 22.0 Å². The Morgan fingerprint density at radius 2 is 1.97 bits per heavy atom. The number of thiophene rings is 1. The highest BCUT2D eigenvalue weighted by atomic mass is 79.9. The number of likely N-dealkylation sites (tertiary alicyclic amines) is 1. The number of nitrogens with one attached hydrogen (secondary N) is 1. The summed E-state index contributed by atoms with van der Waals surface area (Å²) in [6.07, 6.45) is 4.89. The van der Waals surface area contributed by atoms with Crippen LogP contribution in [0.4, 0.5) is 0 Å². The summed E-state index contributed by atoms with van der Waals surface area (Å²) in [6, 6.07) is 10.8. The minimum atomic E-state index is -0.361. The van der Waals surface area contributed by atoms with Gasteiger partial charge in [0.05, 0.1) is 11.4 Å². The van der Waals surface area contributed by atoms with Gasteiger partial charge in [0.2, 0.25) is 0 Å². The Kier molecular flexibility index (Phi) is 6.47. The molecular weight excluding hydrogens is 452 g/mol. The molecule has 2 aromatic heterocycles. The molecule has 1 N–H and O–H groups in total. The molecular formula is C22H23BrN2O3S. The van der Waals surface area contributed by atoms with Crippen LogP contribution in [0.1, 0.15) is 47.2 Å². The molecule has 1 amide bonds. The van der Waals surface area contributed by atoms with Crippen molar-refractivity contribution in [3.05, 3.63) is 67.1 Å². The average Bonchev–Trinajstić information content (AvgIpc) is 3.10. The highest BCUT2D eigenvalue weighted by Gasteiger charge is 2.24. The lowest BCUT2D eigenvalue weighted by Crippen LogP contribution is -2.38. The zero-order valence-corrected chi connectivity index (χ0v) is 18.4. The van der Waals surface area contributed by atoms with Crippen LogP contribution in [-0.4, -0.2) is 30.4 Å². The Labute approximate surface area is 181 Å². The van der Waals surface area contributed by atoms with Crippen LogP contribution in [-0.2, 0) is 0 Å². The van der Waals surface area contributed by atoms with Crippen LogP contribution in [0.25, 0.3) is 11.0 Å². The molecule has 1 fully saturated rings. The molecule has 1 unspecified atom stereocenters. The Morgan fingerprint density at radius 3 is 2.69 bits per heavy atom. The first-order valence-electron chi connectivity index (χ1n) is 9.91. The Morgan fingerprint density at radius 1 is 1.17 bits per heavy atom. The molecule has 3 aromatic rings. The minimum Gasteiger partial charge on any atom is -0.451 e. The third-order valence-electron chi connectivity index (χ3n) is 5.32. The van der Waals surface area contributed by atoms with E-state index in [2.05, 4.69) is 37.6 Å². The predicted octanol–water partition coefficient (Wildman–Crippen LogP) is 4.96. The van der Waals surface area contributed by atoms with Gasteiger partial charge >= 0.3 is 0 Å². The fourth-order valence-electron chi connectivity index (χ4n) is 3.81. The number of benzene rings is 1. The maximum Gasteiger partial charge on any atom is 0.287 e. The van der Waals surface area contributed by atoms with E-state index in [-0.39, 0.29) is 23.1 Å². The summed E-state index contributed by atoms with van der Waals surface area (Å²) in [4.78, 5) is 28.9. The van der Waals surface area contributed by atoms with Crippen LogP contribution in [0, 0.1) is 0 Å². The second kappa shape index (κ2) is 9.24. The Hall–Kier alpha value is -1.96. The van der Waals surface area contributed by atoms with Gasteiger partial charge in [0.25, 0.3) is 5.91 Å². The molecule has 1 atom stereocenters. The van der Waals surface area contributed by atoms with Crippen LogP contribution in [0.15, 0.2) is 55.5 Å². The van der Waals surface area contributed by atoms with E-state index in [1.54, 1.807) is 29.5 Å². The first-order valence-corrected chi connectivity index (χ1v) is 11.6. The highest BCUT2D eigenvalue weighted by molar-refractivity contribution is 9.10. The van der Waals surface area contributed by atoms with Crippen LogP contribution in [0.2, 0.25) is 0 Å². The van der Waals surface area contributed by atoms with Gasteiger partial charge in [0.1, 0.15) is 5.58 Å². The summed E-state index contributed by atoms with van der Waals surface area (Å²) in [7, 11) is 0. The fourth-order valence-corrected chi connectivity index (χ4v) is 5.02. The second-order valence-electron chi connectivity index (χ2n) is 7.31. The summed E-state index contributed by atoms with van der Waals surface area (Å²) >= 11 is 5.09. The van der Waals surface area contributed by atoms with E-state index in [1.807, 2.05) is 6.07 Å². The third kappa shape index (κ3) is 4.79. The van der Waals surface area contributed by atoms with Gasteiger partial charge in [-0.2, -0.15) is 0 Å². The van der Waals surface area contributed by atoms with Crippen molar-refractivity contribution in [1.82, 2.24) is 10.2 Å². The van der Waals surface area contributed by atoms with E-state index in [0.29, 0.717) is 17.5 Å². The Bertz CT molecular complexity index is 1040. The van der Waals surface area contributed by atoms with E-state index >= 15 is 0 Å². The third-order valence-corrected chi connectivity index (χ3v) is 6.79. The smallest absolute Gasteiger partial charge is 0.287 e. The molecule has 0 saturated carbocycles. The standard InChI is InChI=1S/C22H23BrN2O3S/c23-15-7-8-16-18(26)13-20(28-19(16)12-15)22(27)24-14-17(21-6-5-11-29-21)25-9-3-1-2-4-10-25/h5-8,11-13,17H,1-4,9-10,14H2,(H,24,27). The number of carbonyl (C=O) groups is 1. The van der Waals surface area contributed by atoms with Crippen molar-refractivity contribution >= 4 is 44.1 Å². The molecule has 1 saturated heterocycles. The quantitative estimate of drug-likeness (QED) is 0.567. The van der Waals surface area contributed by atoms with Crippen LogP contribution >= 0.6 is 27.3 Å². The number of fused-ring (bicyclic) bond motifs is 1. The molecule has 0 aliphatic carbocycles. The maximum absolute atomic E-state index is 12.8. The topological polar surface area (TPSA) is 62.6 Å². The largest absolute Gasteiger partial charge is 0.451 e. The maximum atomic E-state index is 12.8. The lowest BCUT2D eigenvalue weighted by atomic mass is 10.1. The van der Waals surface area contributed by atoms with Crippen molar-refractivity contribution < 1.29 is 9.21 Å². The highest BCUT2D eigenvalue weighted by Crippen LogP contribution is 2.27. The molecule has 1 aromatic carbocycles. The molecule has 29 heavy (non-hydrogen) atoms. The summed E-state index contributed by atoms with van der Waals surface area (Å²) in [6.45, 7) is 2.56. The second-order valence-corrected chi connectivity index (χ2v) is 9.20. The van der Waals surface area contributed by atoms with Crippen LogP contribution in [0.3, 0.4) is 0 Å². The van der Waals surface area contributed by atoms with E-state index in [0.717, 1.165) is 17.6 Å². The number of carbonyl (C=O) groups excluding carboxylic acids is 1. The molecule has 4 rings (SSSR count). The van der Waals surface area contributed by atoms with Gasteiger partial charge in [-0.1, -0.05) is 34.8 Å². The SMILES string of the molecule is O=C(NCC(c1cccs1)N1CCCCCC1)c1cc(=O)c2ccc(Br)cc2o1. The molecule has 7 heteroatoms. The van der Waals surface area contributed by atoms with E-state index in [1.165, 1.54) is 36.6 Å². The number of amides is 1. The lowest BCUT2D eigenvalue weighted by molar-refractivity contribution is 0.0907. The van der Waals surface area contributed by atoms with Gasteiger partial charge in [-0.05, 0) is 55.6 Å². The predicted molar refractivity (Wildman–Crippen MR) is 120 cm³/mol. The number of hydrogen-bond donors (Lipinski definition) is 1. The number of halogens is 1. The molecule has 0 bridgehead atoms. The zero-order valence-electron chi connectivity index (χ0n) is 16.0. The number of hydrogen-bond acceptors (Lipinski definition) is 5. The fraction of sp³-hybridized carbons (Fsp3) is 0.364. The van der Waals surface area contributed by atoms with Crippen molar-refractivity contribution in [3.63, 3.8) is 0 Å². The molecule has 1 aliphatic rings. The number of rotatable bonds is 5. The van der Waals surface area contributed by atoms with E-state index < -0.39 is 0 Å². The van der Waals surface area contributed by atoms with Gasteiger partial charge in [-0.15, -0.1) is 11.3 Å². The molecule has 1 aliphatic heterocycles. The number of nitrogens with zero attached hydrogens (tertiary/aromatic N) is 1. The van der Waals surface area contributed by atoms with E-state index in [9.17, 15) is 9.59 Å². The summed E-state index contributed by atoms with van der Waals surface area (Å²) in [5.74, 6) is -0.318. The molecule has 3 heterocycles. The summed E-state index contributed by atoms with van der Waals surface area (Å²) in [5, 5.41) is 5.53. The van der Waals surface area contributed by atoms with Gasteiger partial charge in [-0.25, -0.2) is 0 Å². The minimum absolute atomic E-state index is 0.0430. The molecule has 5 nitrogen and oxygen atoms in total. The summed E-state index contributed by atoms with van der Waals surface area (Å²) in [5.41, 5.74) is 0.186. The van der Waals surface area contributed by atoms with Crippen molar-refractivity contribution in [1.29, 1.82) is 0 Å². The van der Waals surface area contributed by atoms with Gasteiger partial charge < -0.3 is 9.73 Å². The van der Waals surface area contributed by atoms with Gasteiger partial charge in [0.15, 0.2) is 11.2 Å². The van der Waals surface area contributed by atoms with Gasteiger partial charge in [-0.3, -0.25) is 14.5 Å². The zero-order chi connectivity index (χ0) is 20.2. The van der Waals surface area contributed by atoms with Crippen molar-refractivity contribution in [2.24, 2.45) is 0 Å². The summed E-state index contributed by atoms with van der Waals surface area (Å²) < 4.78 is 6.52.